The molecule has 7 nitrogen and oxygen atoms in total. The first-order chi connectivity index (χ1) is 15.3. The molecule has 3 aromatic rings. The summed E-state index contributed by atoms with van der Waals surface area (Å²) in [6, 6.07) is 22.7. The topological polar surface area (TPSA) is 110 Å². The molecule has 3 N–H and O–H groups in total. The summed E-state index contributed by atoms with van der Waals surface area (Å²) in [5.74, 6) is -0.646. The molecule has 1 fully saturated rings. The predicted molar refractivity (Wildman–Crippen MR) is 121 cm³/mol. The van der Waals surface area contributed by atoms with Gasteiger partial charge in [0.15, 0.2) is 0 Å². The number of carbonyl (C=O) groups excluding carboxylic acids is 2. The number of sulfonamides is 1. The minimum absolute atomic E-state index is 0.142. The Morgan fingerprint density at radius 1 is 0.969 bits per heavy atom. The van der Waals surface area contributed by atoms with Crippen LogP contribution in [0.5, 0.6) is 0 Å². The lowest BCUT2D eigenvalue weighted by Crippen LogP contribution is -2.58. The maximum absolute atomic E-state index is 13.2. The van der Waals surface area contributed by atoms with E-state index in [1.54, 1.807) is 0 Å². The average Bonchev–Trinajstić information content (AvgIpc) is 2.80. The normalized spacial score (nSPS) is 16.5. The average molecular weight is 450 g/mol. The molecule has 1 atom stereocenters. The number of carbonyl (C=O) groups is 2. The molecule has 32 heavy (non-hydrogen) atoms. The molecule has 0 spiro atoms. The fraction of sp³-hybridized carbons (Fsp3) is 0.167. The van der Waals surface area contributed by atoms with E-state index < -0.39 is 22.0 Å². The Balaban J connectivity index is 1.62. The van der Waals surface area contributed by atoms with Crippen LogP contribution in [0.4, 0.5) is 0 Å². The van der Waals surface area contributed by atoms with Crippen LogP contribution < -0.4 is 10.5 Å². The first-order valence-electron chi connectivity index (χ1n) is 10.2. The lowest BCUT2D eigenvalue weighted by atomic mass is 9.97. The van der Waals surface area contributed by atoms with Gasteiger partial charge in [-0.15, -0.1) is 0 Å². The van der Waals surface area contributed by atoms with Crippen molar-refractivity contribution in [3.63, 3.8) is 0 Å². The van der Waals surface area contributed by atoms with Crippen molar-refractivity contribution >= 4 is 21.8 Å². The van der Waals surface area contributed by atoms with Gasteiger partial charge in [-0.05, 0) is 34.9 Å². The standard InChI is InChI=1S/C24H23N3O4S/c25-32(30,31)21-11-5-10-20(16-21)24(29)27-13-12-26-23(28)22(27)15-17-6-4-9-19(14-17)18-7-2-1-3-8-18/h1-11,14,16,22H,12-13,15H2,(H,26,28)(H2,25,30,31). The largest absolute Gasteiger partial charge is 0.353 e. The van der Waals surface area contributed by atoms with Gasteiger partial charge in [-0.2, -0.15) is 0 Å². The Kier molecular flexibility index (Phi) is 6.07. The Labute approximate surface area is 186 Å². The molecule has 0 radical (unpaired) electrons. The zero-order chi connectivity index (χ0) is 22.7. The van der Waals surface area contributed by atoms with E-state index >= 15 is 0 Å². The lowest BCUT2D eigenvalue weighted by molar-refractivity contribution is -0.127. The number of hydrogen-bond donors (Lipinski definition) is 2. The number of amides is 2. The van der Waals surface area contributed by atoms with Gasteiger partial charge in [-0.1, -0.05) is 60.7 Å². The number of benzene rings is 3. The van der Waals surface area contributed by atoms with Gasteiger partial charge in [0.25, 0.3) is 5.91 Å². The quantitative estimate of drug-likeness (QED) is 0.622. The summed E-state index contributed by atoms with van der Waals surface area (Å²) in [6.45, 7) is 0.660. The van der Waals surface area contributed by atoms with Crippen LogP contribution in [0.3, 0.4) is 0 Å². The van der Waals surface area contributed by atoms with Crippen molar-refractivity contribution in [2.24, 2.45) is 5.14 Å². The second-order valence-electron chi connectivity index (χ2n) is 7.65. The van der Waals surface area contributed by atoms with Gasteiger partial charge in [0.05, 0.1) is 4.90 Å². The van der Waals surface area contributed by atoms with Crippen LogP contribution in [-0.4, -0.2) is 44.3 Å². The smallest absolute Gasteiger partial charge is 0.254 e. The van der Waals surface area contributed by atoms with Crippen LogP contribution in [0.25, 0.3) is 11.1 Å². The summed E-state index contributed by atoms with van der Waals surface area (Å²) in [6.07, 6.45) is 0.340. The highest BCUT2D eigenvalue weighted by Crippen LogP contribution is 2.23. The van der Waals surface area contributed by atoms with Crippen LogP contribution in [0.15, 0.2) is 83.8 Å². The van der Waals surface area contributed by atoms with Gasteiger partial charge < -0.3 is 10.2 Å². The van der Waals surface area contributed by atoms with E-state index in [-0.39, 0.29) is 16.4 Å². The van der Waals surface area contributed by atoms with Crippen molar-refractivity contribution in [3.8, 4) is 11.1 Å². The van der Waals surface area contributed by atoms with E-state index in [0.29, 0.717) is 19.5 Å². The van der Waals surface area contributed by atoms with E-state index in [0.717, 1.165) is 16.7 Å². The molecule has 1 heterocycles. The van der Waals surface area contributed by atoms with Gasteiger partial charge >= 0.3 is 0 Å². The number of nitrogens with one attached hydrogen (secondary N) is 1. The Morgan fingerprint density at radius 2 is 1.69 bits per heavy atom. The Morgan fingerprint density at radius 3 is 2.44 bits per heavy atom. The highest BCUT2D eigenvalue weighted by Gasteiger charge is 2.34. The molecule has 1 aliphatic heterocycles. The monoisotopic (exact) mass is 449 g/mol. The minimum atomic E-state index is -3.94. The van der Waals surface area contributed by atoms with E-state index in [1.807, 2.05) is 54.6 Å². The van der Waals surface area contributed by atoms with Gasteiger partial charge in [-0.3, -0.25) is 9.59 Å². The summed E-state index contributed by atoms with van der Waals surface area (Å²) in [5, 5.41) is 8.02. The summed E-state index contributed by atoms with van der Waals surface area (Å²) >= 11 is 0. The van der Waals surface area contributed by atoms with E-state index in [2.05, 4.69) is 5.32 Å². The first-order valence-corrected chi connectivity index (χ1v) is 11.7. The zero-order valence-corrected chi connectivity index (χ0v) is 18.1. The maximum atomic E-state index is 13.2. The van der Waals surface area contributed by atoms with E-state index in [4.69, 9.17) is 5.14 Å². The summed E-state index contributed by atoms with van der Waals surface area (Å²) in [7, 11) is -3.94. The molecule has 1 saturated heterocycles. The minimum Gasteiger partial charge on any atom is -0.353 e. The second kappa shape index (κ2) is 8.94. The SMILES string of the molecule is NS(=O)(=O)c1cccc(C(=O)N2CCNC(=O)C2Cc2cccc(-c3ccccc3)c2)c1. The third-order valence-corrected chi connectivity index (χ3v) is 6.38. The highest BCUT2D eigenvalue weighted by molar-refractivity contribution is 7.89. The van der Waals surface area contributed by atoms with Crippen LogP contribution >= 0.6 is 0 Å². The van der Waals surface area contributed by atoms with Crippen molar-refractivity contribution in [2.45, 2.75) is 17.4 Å². The van der Waals surface area contributed by atoms with Gasteiger partial charge in [0, 0.05) is 25.1 Å². The number of rotatable bonds is 5. The summed E-state index contributed by atoms with van der Waals surface area (Å²) in [5.41, 5.74) is 3.19. The van der Waals surface area contributed by atoms with Crippen molar-refractivity contribution in [1.29, 1.82) is 0 Å². The van der Waals surface area contributed by atoms with Gasteiger partial charge in [0.2, 0.25) is 15.9 Å². The van der Waals surface area contributed by atoms with Crippen molar-refractivity contribution in [3.05, 3.63) is 90.0 Å². The van der Waals surface area contributed by atoms with Gasteiger partial charge in [0.1, 0.15) is 6.04 Å². The first kappa shape index (κ1) is 21.7. The van der Waals surface area contributed by atoms with E-state index in [1.165, 1.54) is 29.2 Å². The lowest BCUT2D eigenvalue weighted by Gasteiger charge is -2.35. The van der Waals surface area contributed by atoms with Crippen LogP contribution in [0.2, 0.25) is 0 Å². The van der Waals surface area contributed by atoms with Crippen LogP contribution in [0, 0.1) is 0 Å². The van der Waals surface area contributed by atoms with Crippen molar-refractivity contribution in [2.75, 3.05) is 13.1 Å². The molecule has 8 heteroatoms. The molecule has 164 valence electrons. The number of hydrogen-bond acceptors (Lipinski definition) is 4. The molecular weight excluding hydrogens is 426 g/mol. The molecule has 1 aliphatic rings. The molecule has 0 aliphatic carbocycles. The van der Waals surface area contributed by atoms with Crippen LogP contribution in [0.1, 0.15) is 15.9 Å². The molecule has 0 saturated carbocycles. The molecule has 3 aromatic carbocycles. The molecule has 4 rings (SSSR count). The fourth-order valence-corrected chi connectivity index (χ4v) is 4.42. The number of piperazine rings is 1. The van der Waals surface area contributed by atoms with Gasteiger partial charge in [-0.25, -0.2) is 13.6 Å². The maximum Gasteiger partial charge on any atom is 0.254 e. The predicted octanol–water partition coefficient (Wildman–Crippen LogP) is 2.18. The number of primary sulfonamides is 1. The molecule has 1 unspecified atom stereocenters. The zero-order valence-electron chi connectivity index (χ0n) is 17.3. The fourth-order valence-electron chi connectivity index (χ4n) is 3.86. The third kappa shape index (κ3) is 4.71. The molecule has 0 bridgehead atoms. The number of nitrogens with two attached hydrogens (primary N) is 1. The third-order valence-electron chi connectivity index (χ3n) is 5.46. The number of nitrogens with zero attached hydrogens (tertiary/aromatic N) is 1. The molecular formula is C24H23N3O4S. The summed E-state index contributed by atoms with van der Waals surface area (Å²) < 4.78 is 23.4. The van der Waals surface area contributed by atoms with Crippen molar-refractivity contribution in [1.82, 2.24) is 10.2 Å². The van der Waals surface area contributed by atoms with Crippen LogP contribution in [-0.2, 0) is 21.2 Å². The Hall–Kier alpha value is -3.49. The second-order valence-corrected chi connectivity index (χ2v) is 9.21. The van der Waals surface area contributed by atoms with E-state index in [9.17, 15) is 18.0 Å². The highest BCUT2D eigenvalue weighted by atomic mass is 32.2. The Bertz CT molecular complexity index is 1260. The molecule has 0 aromatic heterocycles. The molecule has 2 amide bonds. The summed E-state index contributed by atoms with van der Waals surface area (Å²) in [4.78, 5) is 27.3. The van der Waals surface area contributed by atoms with Crippen molar-refractivity contribution < 1.29 is 18.0 Å².